The van der Waals surface area contributed by atoms with Crippen molar-refractivity contribution in [2.45, 2.75) is 70.6 Å². The summed E-state index contributed by atoms with van der Waals surface area (Å²) in [5.74, 6) is 3.45. The van der Waals surface area contributed by atoms with Crippen LogP contribution in [0, 0.1) is 23.2 Å². The molecule has 0 heteroatoms. The summed E-state index contributed by atoms with van der Waals surface area (Å²) in [6.07, 6.45) is 19.4. The van der Waals surface area contributed by atoms with E-state index in [1.807, 2.05) is 0 Å². The fourth-order valence-corrected chi connectivity index (χ4v) is 5.43. The van der Waals surface area contributed by atoms with Gasteiger partial charge in [-0.2, -0.15) is 0 Å². The van der Waals surface area contributed by atoms with Gasteiger partial charge in [-0.25, -0.2) is 0 Å². The van der Waals surface area contributed by atoms with E-state index in [9.17, 15) is 0 Å². The maximum absolute atomic E-state index is 2.60. The summed E-state index contributed by atoms with van der Waals surface area (Å²) in [6.45, 7) is 0. The molecule has 4 aliphatic carbocycles. The third-order valence-electron chi connectivity index (χ3n) is 6.68. The van der Waals surface area contributed by atoms with Gasteiger partial charge in [-0.1, -0.05) is 18.1 Å². The van der Waals surface area contributed by atoms with Gasteiger partial charge >= 0.3 is 0 Å². The molecule has 94 valence electrons. The molecule has 0 aliphatic heterocycles. The van der Waals surface area contributed by atoms with Gasteiger partial charge in [0.05, 0.1) is 0 Å². The van der Waals surface area contributed by atoms with E-state index in [2.05, 4.69) is 6.08 Å². The van der Waals surface area contributed by atoms with E-state index in [1.165, 1.54) is 32.1 Å². The molecule has 4 rings (SSSR count). The van der Waals surface area contributed by atoms with Crippen LogP contribution in [0.25, 0.3) is 0 Å². The Kier molecular flexibility index (Phi) is 2.42. The fraction of sp³-hybridized carbons (Fsp3) is 0.882. The minimum Gasteiger partial charge on any atom is -0.0853 e. The van der Waals surface area contributed by atoms with E-state index in [0.717, 1.165) is 23.2 Å². The summed E-state index contributed by atoms with van der Waals surface area (Å²) in [5, 5.41) is 0. The molecule has 0 aromatic carbocycles. The average molecular weight is 230 g/mol. The van der Waals surface area contributed by atoms with Crippen molar-refractivity contribution >= 4 is 0 Å². The number of hydrogen-bond donors (Lipinski definition) is 0. The first-order valence-corrected chi connectivity index (χ1v) is 8.04. The van der Waals surface area contributed by atoms with E-state index < -0.39 is 0 Å². The monoisotopic (exact) mass is 230 g/mol. The van der Waals surface area contributed by atoms with Crippen LogP contribution in [0.2, 0.25) is 0 Å². The molecule has 4 atom stereocenters. The van der Waals surface area contributed by atoms with Gasteiger partial charge in [0.15, 0.2) is 0 Å². The minimum absolute atomic E-state index is 0.836. The van der Waals surface area contributed by atoms with Gasteiger partial charge in [-0.3, -0.25) is 0 Å². The van der Waals surface area contributed by atoms with Gasteiger partial charge in [0, 0.05) is 0 Å². The summed E-state index contributed by atoms with van der Waals surface area (Å²) in [5.41, 5.74) is 2.61. The van der Waals surface area contributed by atoms with Gasteiger partial charge in [0.2, 0.25) is 0 Å². The Morgan fingerprint density at radius 3 is 2.94 bits per heavy atom. The van der Waals surface area contributed by atoms with Crippen molar-refractivity contribution in [1.29, 1.82) is 0 Å². The molecule has 0 saturated heterocycles. The van der Waals surface area contributed by atoms with Crippen LogP contribution in [0.3, 0.4) is 0 Å². The molecule has 0 spiro atoms. The third-order valence-corrected chi connectivity index (χ3v) is 6.68. The maximum Gasteiger partial charge on any atom is -0.0261 e. The SMILES string of the molecule is C(CCC12CCC3CCC(C1)C2C3)=C1CCC1. The second-order valence-corrected chi connectivity index (χ2v) is 7.41. The molecule has 0 nitrogen and oxygen atoms in total. The molecule has 2 bridgehead atoms. The van der Waals surface area contributed by atoms with E-state index in [4.69, 9.17) is 0 Å². The molecule has 0 amide bonds. The van der Waals surface area contributed by atoms with Gasteiger partial charge in [0.1, 0.15) is 0 Å². The maximum atomic E-state index is 2.60. The molecule has 4 aliphatic rings. The van der Waals surface area contributed by atoms with Crippen molar-refractivity contribution in [1.82, 2.24) is 0 Å². The van der Waals surface area contributed by atoms with Crippen molar-refractivity contribution < 1.29 is 0 Å². The standard InChI is InChI=1S/C17H26/c1-3-13(4-1)5-2-9-17-10-8-14-6-7-15(12-17)16(17)11-14/h5,14-16H,1-4,6-12H2. The van der Waals surface area contributed by atoms with Crippen molar-refractivity contribution in [3.8, 4) is 0 Å². The van der Waals surface area contributed by atoms with Crippen molar-refractivity contribution in [2.24, 2.45) is 23.2 Å². The molecule has 0 aromatic heterocycles. The largest absolute Gasteiger partial charge is 0.0853 e. The van der Waals surface area contributed by atoms with Crippen molar-refractivity contribution in [3.63, 3.8) is 0 Å². The van der Waals surface area contributed by atoms with Gasteiger partial charge < -0.3 is 0 Å². The van der Waals surface area contributed by atoms with E-state index in [0.29, 0.717) is 0 Å². The topological polar surface area (TPSA) is 0 Å². The zero-order valence-corrected chi connectivity index (χ0v) is 11.1. The number of fused-ring (bicyclic) bond motifs is 1. The Morgan fingerprint density at radius 2 is 2.12 bits per heavy atom. The highest BCUT2D eigenvalue weighted by Crippen LogP contribution is 2.66. The number of hydrogen-bond acceptors (Lipinski definition) is 0. The Labute approximate surface area is 106 Å². The van der Waals surface area contributed by atoms with Crippen LogP contribution in [0.5, 0.6) is 0 Å². The molecule has 4 saturated carbocycles. The minimum atomic E-state index is 0.836. The summed E-state index contributed by atoms with van der Waals surface area (Å²) in [7, 11) is 0. The number of allylic oxidation sites excluding steroid dienone is 2. The molecule has 4 unspecified atom stereocenters. The van der Waals surface area contributed by atoms with Gasteiger partial charge in [0.25, 0.3) is 0 Å². The Balaban J connectivity index is 1.40. The Bertz CT molecular complexity index is 330. The lowest BCUT2D eigenvalue weighted by atomic mass is 9.42. The quantitative estimate of drug-likeness (QED) is 0.592. The Morgan fingerprint density at radius 1 is 1.18 bits per heavy atom. The molecule has 0 aromatic rings. The van der Waals surface area contributed by atoms with E-state index in [1.54, 1.807) is 44.1 Å². The normalized spacial score (nSPS) is 47.1. The van der Waals surface area contributed by atoms with Crippen LogP contribution in [-0.4, -0.2) is 0 Å². The van der Waals surface area contributed by atoms with Crippen molar-refractivity contribution in [3.05, 3.63) is 11.6 Å². The zero-order valence-electron chi connectivity index (χ0n) is 11.1. The molecule has 0 heterocycles. The lowest BCUT2D eigenvalue weighted by Gasteiger charge is -2.63. The molecular formula is C17H26. The van der Waals surface area contributed by atoms with Crippen LogP contribution in [0.1, 0.15) is 70.6 Å². The lowest BCUT2D eigenvalue weighted by Crippen LogP contribution is -2.53. The average Bonchev–Trinajstić information content (AvgIpc) is 2.23. The molecule has 0 N–H and O–H groups in total. The van der Waals surface area contributed by atoms with Crippen LogP contribution in [-0.2, 0) is 0 Å². The second-order valence-electron chi connectivity index (χ2n) is 7.41. The zero-order chi connectivity index (χ0) is 11.3. The lowest BCUT2D eigenvalue weighted by molar-refractivity contribution is -0.129. The molecular weight excluding hydrogens is 204 g/mol. The van der Waals surface area contributed by atoms with Crippen LogP contribution in [0.4, 0.5) is 0 Å². The first-order valence-electron chi connectivity index (χ1n) is 8.04. The predicted octanol–water partition coefficient (Wildman–Crippen LogP) is 5.09. The summed E-state index contributed by atoms with van der Waals surface area (Å²) in [4.78, 5) is 0. The summed E-state index contributed by atoms with van der Waals surface area (Å²) >= 11 is 0. The van der Waals surface area contributed by atoms with Crippen LogP contribution < -0.4 is 0 Å². The highest BCUT2D eigenvalue weighted by Gasteiger charge is 2.56. The molecule has 0 radical (unpaired) electrons. The first kappa shape index (κ1) is 10.6. The van der Waals surface area contributed by atoms with Crippen molar-refractivity contribution in [2.75, 3.05) is 0 Å². The highest BCUT2D eigenvalue weighted by molar-refractivity contribution is 5.11. The fourth-order valence-electron chi connectivity index (χ4n) is 5.43. The van der Waals surface area contributed by atoms with Gasteiger partial charge in [-0.15, -0.1) is 0 Å². The van der Waals surface area contributed by atoms with E-state index in [-0.39, 0.29) is 0 Å². The number of rotatable bonds is 3. The molecule has 4 fully saturated rings. The third kappa shape index (κ3) is 1.63. The summed E-state index contributed by atoms with van der Waals surface area (Å²) in [6, 6.07) is 0. The van der Waals surface area contributed by atoms with Gasteiger partial charge in [-0.05, 0) is 87.4 Å². The first-order chi connectivity index (χ1) is 8.36. The smallest absolute Gasteiger partial charge is 0.0261 e. The van der Waals surface area contributed by atoms with Crippen LogP contribution >= 0.6 is 0 Å². The van der Waals surface area contributed by atoms with Crippen LogP contribution in [0.15, 0.2) is 11.6 Å². The highest BCUT2D eigenvalue weighted by atomic mass is 14.6. The predicted molar refractivity (Wildman–Crippen MR) is 71.8 cm³/mol. The second kappa shape index (κ2) is 3.87. The van der Waals surface area contributed by atoms with E-state index >= 15 is 0 Å². The molecule has 17 heavy (non-hydrogen) atoms. The Hall–Kier alpha value is -0.260. The summed E-state index contributed by atoms with van der Waals surface area (Å²) < 4.78 is 0.